The Hall–Kier alpha value is -1.76. The molecule has 0 aliphatic carbocycles. The Bertz CT molecular complexity index is 753. The molecular weight excluding hydrogens is 368 g/mol. The summed E-state index contributed by atoms with van der Waals surface area (Å²) in [6.45, 7) is 8.72. The summed E-state index contributed by atoms with van der Waals surface area (Å²) in [5, 5.41) is 3.71. The number of hydrogen-bond donors (Lipinski definition) is 1. The van der Waals surface area contributed by atoms with Gasteiger partial charge >= 0.3 is 0 Å². The van der Waals surface area contributed by atoms with Crippen LogP contribution in [-0.2, 0) is 17.8 Å². The van der Waals surface area contributed by atoms with E-state index in [1.54, 1.807) is 11.3 Å². The maximum atomic E-state index is 12.4. The monoisotopic (exact) mass is 400 g/mol. The quantitative estimate of drug-likeness (QED) is 0.732. The molecule has 1 aliphatic heterocycles. The van der Waals surface area contributed by atoms with Crippen molar-refractivity contribution in [1.82, 2.24) is 14.8 Å². The van der Waals surface area contributed by atoms with Gasteiger partial charge in [0, 0.05) is 18.0 Å². The molecule has 152 valence electrons. The van der Waals surface area contributed by atoms with Gasteiger partial charge in [0.15, 0.2) is 5.13 Å². The van der Waals surface area contributed by atoms with Crippen LogP contribution in [0.1, 0.15) is 35.9 Å². The van der Waals surface area contributed by atoms with E-state index >= 15 is 0 Å². The summed E-state index contributed by atoms with van der Waals surface area (Å²) in [5.74, 6) is 0.762. The highest BCUT2D eigenvalue weighted by molar-refractivity contribution is 7.15. The summed E-state index contributed by atoms with van der Waals surface area (Å²) in [6.07, 6.45) is 3.22. The lowest BCUT2D eigenvalue weighted by molar-refractivity contribution is -0.117. The van der Waals surface area contributed by atoms with Crippen LogP contribution in [0.2, 0.25) is 0 Å². The number of hydrogen-bond acceptors (Lipinski definition) is 5. The molecule has 0 bridgehead atoms. The average Bonchev–Trinajstić information content (AvgIpc) is 3.03. The predicted octanol–water partition coefficient (Wildman–Crippen LogP) is 3.80. The fourth-order valence-corrected chi connectivity index (χ4v) is 4.82. The number of anilines is 1. The molecule has 1 fully saturated rings. The SMILES string of the molecule is CCc1nc(NC(=O)CN2CCC(CN(C)Cc3ccccc3)CC2)sc1C. The maximum Gasteiger partial charge on any atom is 0.240 e. The van der Waals surface area contributed by atoms with Crippen LogP contribution in [0.3, 0.4) is 0 Å². The van der Waals surface area contributed by atoms with Gasteiger partial charge in [0.1, 0.15) is 0 Å². The lowest BCUT2D eigenvalue weighted by Crippen LogP contribution is -2.41. The number of aryl methyl sites for hydroxylation is 2. The van der Waals surface area contributed by atoms with Gasteiger partial charge in [-0.1, -0.05) is 37.3 Å². The standard InChI is InChI=1S/C22H32N4OS/c1-4-20-17(2)28-22(23-20)24-21(27)16-26-12-10-19(11-13-26)15-25(3)14-18-8-6-5-7-9-18/h5-9,19H,4,10-16H2,1-3H3,(H,23,24,27). The van der Waals surface area contributed by atoms with Crippen LogP contribution >= 0.6 is 11.3 Å². The third-order valence-corrected chi connectivity index (χ3v) is 6.34. The first kappa shape index (κ1) is 21.0. The van der Waals surface area contributed by atoms with Crippen molar-refractivity contribution in [3.63, 3.8) is 0 Å². The number of nitrogens with one attached hydrogen (secondary N) is 1. The van der Waals surface area contributed by atoms with Crippen molar-refractivity contribution in [2.24, 2.45) is 5.92 Å². The number of thiazole rings is 1. The highest BCUT2D eigenvalue weighted by Crippen LogP contribution is 2.23. The number of carbonyl (C=O) groups excluding carboxylic acids is 1. The summed E-state index contributed by atoms with van der Waals surface area (Å²) in [7, 11) is 2.20. The second-order valence-corrected chi connectivity index (χ2v) is 9.03. The fraction of sp³-hybridized carbons (Fsp3) is 0.545. The van der Waals surface area contributed by atoms with Gasteiger partial charge in [-0.25, -0.2) is 4.98 Å². The number of amides is 1. The zero-order valence-electron chi connectivity index (χ0n) is 17.3. The molecule has 5 nitrogen and oxygen atoms in total. The summed E-state index contributed by atoms with van der Waals surface area (Å²) >= 11 is 1.57. The van der Waals surface area contributed by atoms with E-state index in [1.165, 1.54) is 10.4 Å². The number of carbonyl (C=O) groups is 1. The number of benzene rings is 1. The molecule has 2 aromatic rings. The van der Waals surface area contributed by atoms with Gasteiger partial charge in [-0.3, -0.25) is 9.69 Å². The molecule has 0 saturated carbocycles. The van der Waals surface area contributed by atoms with Crippen molar-refractivity contribution >= 4 is 22.4 Å². The summed E-state index contributed by atoms with van der Waals surface area (Å²) in [6, 6.07) is 10.6. The predicted molar refractivity (Wildman–Crippen MR) is 117 cm³/mol. The fourth-order valence-electron chi connectivity index (χ4n) is 3.90. The Morgan fingerprint density at radius 1 is 1.29 bits per heavy atom. The average molecular weight is 401 g/mol. The molecule has 1 saturated heterocycles. The van der Waals surface area contributed by atoms with Crippen molar-refractivity contribution in [3.05, 3.63) is 46.5 Å². The van der Waals surface area contributed by atoms with Crippen LogP contribution in [-0.4, -0.2) is 53.9 Å². The third kappa shape index (κ3) is 6.12. The molecule has 1 amide bonds. The van der Waals surface area contributed by atoms with Crippen molar-refractivity contribution in [3.8, 4) is 0 Å². The van der Waals surface area contributed by atoms with Crippen LogP contribution in [0.5, 0.6) is 0 Å². The van der Waals surface area contributed by atoms with Gasteiger partial charge in [0.05, 0.1) is 12.2 Å². The van der Waals surface area contributed by atoms with Crippen molar-refractivity contribution < 1.29 is 4.79 Å². The molecule has 28 heavy (non-hydrogen) atoms. The van der Waals surface area contributed by atoms with Gasteiger partial charge in [-0.2, -0.15) is 0 Å². The first-order valence-corrected chi connectivity index (χ1v) is 11.1. The van der Waals surface area contributed by atoms with Crippen LogP contribution in [0.4, 0.5) is 5.13 Å². The topological polar surface area (TPSA) is 48.5 Å². The number of piperidine rings is 1. The molecular formula is C22H32N4OS. The summed E-state index contributed by atoms with van der Waals surface area (Å²) < 4.78 is 0. The van der Waals surface area contributed by atoms with Gasteiger partial charge in [0.25, 0.3) is 0 Å². The van der Waals surface area contributed by atoms with E-state index in [1.807, 2.05) is 0 Å². The van der Waals surface area contributed by atoms with Crippen LogP contribution in [0.15, 0.2) is 30.3 Å². The Morgan fingerprint density at radius 3 is 2.64 bits per heavy atom. The lowest BCUT2D eigenvalue weighted by Gasteiger charge is -2.33. The lowest BCUT2D eigenvalue weighted by atomic mass is 9.96. The second kappa shape index (κ2) is 10.1. The molecule has 3 rings (SSSR count). The van der Waals surface area contributed by atoms with Crippen LogP contribution in [0.25, 0.3) is 0 Å². The minimum atomic E-state index is 0.0519. The van der Waals surface area contributed by atoms with Crippen molar-refractivity contribution in [2.45, 2.75) is 39.7 Å². The second-order valence-electron chi connectivity index (χ2n) is 7.83. The Balaban J connectivity index is 1.38. The van der Waals surface area contributed by atoms with Gasteiger partial charge in [0.2, 0.25) is 5.91 Å². The first-order valence-electron chi connectivity index (χ1n) is 10.2. The minimum Gasteiger partial charge on any atom is -0.302 e. The van der Waals surface area contributed by atoms with E-state index < -0.39 is 0 Å². The summed E-state index contributed by atoms with van der Waals surface area (Å²) in [4.78, 5) is 22.7. The molecule has 6 heteroatoms. The highest BCUT2D eigenvalue weighted by atomic mass is 32.1. The zero-order chi connectivity index (χ0) is 19.9. The van der Waals surface area contributed by atoms with Crippen molar-refractivity contribution in [2.75, 3.05) is 38.5 Å². The molecule has 1 aromatic carbocycles. The molecule has 0 spiro atoms. The van der Waals surface area contributed by atoms with Gasteiger partial charge < -0.3 is 10.2 Å². The Labute approximate surface area is 172 Å². The third-order valence-electron chi connectivity index (χ3n) is 5.41. The van der Waals surface area contributed by atoms with E-state index in [0.29, 0.717) is 12.5 Å². The van der Waals surface area contributed by atoms with E-state index in [4.69, 9.17) is 0 Å². The number of aromatic nitrogens is 1. The van der Waals surface area contributed by atoms with E-state index in [2.05, 4.69) is 71.3 Å². The normalized spacial score (nSPS) is 15.9. The molecule has 1 N–H and O–H groups in total. The molecule has 1 aliphatic rings. The highest BCUT2D eigenvalue weighted by Gasteiger charge is 2.22. The van der Waals surface area contributed by atoms with Crippen LogP contribution in [0, 0.1) is 12.8 Å². The van der Waals surface area contributed by atoms with Crippen molar-refractivity contribution in [1.29, 1.82) is 0 Å². The largest absolute Gasteiger partial charge is 0.302 e. The Morgan fingerprint density at radius 2 is 2.00 bits per heavy atom. The molecule has 0 unspecified atom stereocenters. The molecule has 1 aromatic heterocycles. The molecule has 0 atom stereocenters. The van der Waals surface area contributed by atoms with E-state index in [9.17, 15) is 4.79 Å². The smallest absolute Gasteiger partial charge is 0.240 e. The minimum absolute atomic E-state index is 0.0519. The number of nitrogens with zero attached hydrogens (tertiary/aromatic N) is 3. The maximum absolute atomic E-state index is 12.4. The zero-order valence-corrected chi connectivity index (χ0v) is 18.1. The molecule has 2 heterocycles. The first-order chi connectivity index (χ1) is 13.5. The Kier molecular flexibility index (Phi) is 7.59. The summed E-state index contributed by atoms with van der Waals surface area (Å²) in [5.41, 5.74) is 2.45. The van der Waals surface area contributed by atoms with E-state index in [-0.39, 0.29) is 5.91 Å². The number of likely N-dealkylation sites (tertiary alicyclic amines) is 1. The van der Waals surface area contributed by atoms with Gasteiger partial charge in [-0.05, 0) is 57.8 Å². The number of rotatable bonds is 8. The van der Waals surface area contributed by atoms with Crippen LogP contribution < -0.4 is 5.32 Å². The van der Waals surface area contributed by atoms with Gasteiger partial charge in [-0.15, -0.1) is 11.3 Å². The molecule has 0 radical (unpaired) electrons. The van der Waals surface area contributed by atoms with E-state index in [0.717, 1.165) is 56.3 Å².